The maximum atomic E-state index is 12.6. The monoisotopic (exact) mass is 379 g/mol. The summed E-state index contributed by atoms with van der Waals surface area (Å²) in [7, 11) is -2.10. The Balaban J connectivity index is 0.00000288. The second kappa shape index (κ2) is 7.81. The fraction of sp³-hybridized carbons (Fsp3) is 0.714. The molecular formula is C14H26ClN5O3S. The van der Waals surface area contributed by atoms with Crippen molar-refractivity contribution in [3.8, 4) is 0 Å². The molecule has 1 unspecified atom stereocenters. The van der Waals surface area contributed by atoms with Crippen LogP contribution in [0.2, 0.25) is 0 Å². The van der Waals surface area contributed by atoms with Crippen LogP contribution in [0.5, 0.6) is 0 Å². The minimum absolute atomic E-state index is 0. The molecule has 1 fully saturated rings. The van der Waals surface area contributed by atoms with E-state index in [-0.39, 0.29) is 29.3 Å². The first kappa shape index (κ1) is 20.9. The fourth-order valence-corrected chi connectivity index (χ4v) is 4.54. The molecule has 1 aromatic heterocycles. The highest BCUT2D eigenvalue weighted by Gasteiger charge is 2.31. The number of carbonyl (C=O) groups is 1. The van der Waals surface area contributed by atoms with E-state index in [0.717, 1.165) is 6.54 Å². The Morgan fingerprint density at radius 1 is 1.42 bits per heavy atom. The first-order valence-corrected chi connectivity index (χ1v) is 9.17. The van der Waals surface area contributed by atoms with Gasteiger partial charge in [-0.3, -0.25) is 9.48 Å². The summed E-state index contributed by atoms with van der Waals surface area (Å²) in [4.78, 5) is 14.4. The predicted molar refractivity (Wildman–Crippen MR) is 93.8 cm³/mol. The van der Waals surface area contributed by atoms with Gasteiger partial charge in [-0.05, 0) is 27.7 Å². The Labute approximate surface area is 149 Å². The van der Waals surface area contributed by atoms with Gasteiger partial charge in [0.2, 0.25) is 15.9 Å². The highest BCUT2D eigenvalue weighted by Crippen LogP contribution is 2.19. The summed E-state index contributed by atoms with van der Waals surface area (Å²) >= 11 is 0. The van der Waals surface area contributed by atoms with Crippen LogP contribution in [-0.2, 0) is 21.9 Å². The van der Waals surface area contributed by atoms with Crippen molar-refractivity contribution >= 4 is 28.3 Å². The molecule has 2 rings (SSSR count). The van der Waals surface area contributed by atoms with E-state index in [1.165, 1.54) is 4.68 Å². The summed E-state index contributed by atoms with van der Waals surface area (Å²) < 4.78 is 29.3. The Morgan fingerprint density at radius 2 is 2.04 bits per heavy atom. The van der Waals surface area contributed by atoms with E-state index < -0.39 is 16.1 Å². The lowest BCUT2D eigenvalue weighted by atomic mass is 10.2. The number of aryl methyl sites for hydroxylation is 2. The van der Waals surface area contributed by atoms with Crippen molar-refractivity contribution < 1.29 is 13.2 Å². The number of nitrogens with zero attached hydrogens (tertiary/aromatic N) is 3. The van der Waals surface area contributed by atoms with Gasteiger partial charge in [0.15, 0.2) is 0 Å². The van der Waals surface area contributed by atoms with Gasteiger partial charge in [-0.25, -0.2) is 8.42 Å². The lowest BCUT2D eigenvalue weighted by Gasteiger charge is -2.35. The van der Waals surface area contributed by atoms with Gasteiger partial charge in [0.05, 0.1) is 17.4 Å². The largest absolute Gasteiger partial charge is 0.336 e. The van der Waals surface area contributed by atoms with E-state index in [4.69, 9.17) is 0 Å². The van der Waals surface area contributed by atoms with Crippen LogP contribution < -0.4 is 10.0 Å². The van der Waals surface area contributed by atoms with Gasteiger partial charge in [0, 0.05) is 32.7 Å². The van der Waals surface area contributed by atoms with Crippen LogP contribution in [0.25, 0.3) is 0 Å². The second-order valence-corrected chi connectivity index (χ2v) is 7.70. The van der Waals surface area contributed by atoms with E-state index in [2.05, 4.69) is 15.1 Å². The van der Waals surface area contributed by atoms with Crippen LogP contribution in [0.15, 0.2) is 4.90 Å². The molecule has 2 atom stereocenters. The van der Waals surface area contributed by atoms with Gasteiger partial charge < -0.3 is 10.2 Å². The van der Waals surface area contributed by atoms with Crippen LogP contribution in [0.4, 0.5) is 0 Å². The number of halogens is 1. The van der Waals surface area contributed by atoms with Gasteiger partial charge in [-0.1, -0.05) is 0 Å². The quantitative estimate of drug-likeness (QED) is 0.764. The van der Waals surface area contributed by atoms with Crippen LogP contribution >= 0.6 is 12.4 Å². The van der Waals surface area contributed by atoms with Gasteiger partial charge in [-0.15, -0.1) is 12.4 Å². The summed E-state index contributed by atoms with van der Waals surface area (Å²) in [5.74, 6) is -0.207. The number of hydrogen-bond donors (Lipinski definition) is 2. The summed E-state index contributed by atoms with van der Waals surface area (Å²) in [5, 5.41) is 7.33. The molecule has 0 saturated carbocycles. The number of piperazine rings is 1. The van der Waals surface area contributed by atoms with Crippen LogP contribution in [0, 0.1) is 13.8 Å². The number of sulfonamides is 1. The standard InChI is InChI=1S/C14H25N5O3S.ClH/c1-9-8-15-6-7-19(9)14(20)11(3)17-23(21,22)13-10(2)16-18(5)12(13)4;/h9,11,15,17H,6-8H2,1-5H3;1H/t9-,11?;/m0./s1. The smallest absolute Gasteiger partial charge is 0.244 e. The Morgan fingerprint density at radius 3 is 2.54 bits per heavy atom. The molecule has 0 bridgehead atoms. The maximum absolute atomic E-state index is 12.6. The molecule has 1 aromatic rings. The van der Waals surface area contributed by atoms with E-state index in [1.807, 2.05) is 6.92 Å². The van der Waals surface area contributed by atoms with Crippen molar-refractivity contribution in [1.29, 1.82) is 0 Å². The molecule has 0 radical (unpaired) electrons. The minimum Gasteiger partial charge on any atom is -0.336 e. The molecule has 0 spiro atoms. The van der Waals surface area contributed by atoms with Gasteiger partial charge >= 0.3 is 0 Å². The van der Waals surface area contributed by atoms with Crippen molar-refractivity contribution in [3.63, 3.8) is 0 Å². The van der Waals surface area contributed by atoms with Crippen LogP contribution in [0.1, 0.15) is 25.2 Å². The summed E-state index contributed by atoms with van der Waals surface area (Å²) in [5.41, 5.74) is 0.970. The zero-order chi connectivity index (χ0) is 17.4. The Bertz CT molecular complexity index is 704. The van der Waals surface area contributed by atoms with Crippen LogP contribution in [0.3, 0.4) is 0 Å². The zero-order valence-electron chi connectivity index (χ0n) is 14.7. The number of amides is 1. The number of rotatable bonds is 4. The zero-order valence-corrected chi connectivity index (χ0v) is 16.3. The number of carbonyl (C=O) groups excluding carboxylic acids is 1. The normalized spacial score (nSPS) is 19.7. The van der Waals surface area contributed by atoms with E-state index in [0.29, 0.717) is 24.5 Å². The van der Waals surface area contributed by atoms with Crippen molar-refractivity contribution in [1.82, 2.24) is 24.7 Å². The third-order valence-corrected chi connectivity index (χ3v) is 5.99. The summed E-state index contributed by atoms with van der Waals surface area (Å²) in [6, 6.07) is -0.773. The molecule has 138 valence electrons. The number of nitrogens with one attached hydrogen (secondary N) is 2. The molecule has 1 amide bonds. The number of aromatic nitrogens is 2. The maximum Gasteiger partial charge on any atom is 0.244 e. The Hall–Kier alpha value is -1.16. The molecule has 0 aliphatic carbocycles. The highest BCUT2D eigenvalue weighted by atomic mass is 35.5. The van der Waals surface area contributed by atoms with E-state index in [9.17, 15) is 13.2 Å². The average Bonchev–Trinajstić information content (AvgIpc) is 2.71. The van der Waals surface area contributed by atoms with Crippen molar-refractivity contribution in [2.24, 2.45) is 7.05 Å². The van der Waals surface area contributed by atoms with E-state index in [1.54, 1.807) is 32.7 Å². The van der Waals surface area contributed by atoms with Crippen LogP contribution in [-0.4, -0.2) is 60.7 Å². The molecule has 24 heavy (non-hydrogen) atoms. The molecule has 0 aromatic carbocycles. The molecule has 1 saturated heterocycles. The van der Waals surface area contributed by atoms with Gasteiger partial charge in [0.1, 0.15) is 4.90 Å². The van der Waals surface area contributed by atoms with E-state index >= 15 is 0 Å². The fourth-order valence-electron chi connectivity index (χ4n) is 2.90. The first-order chi connectivity index (χ1) is 10.6. The molecule has 1 aliphatic heterocycles. The predicted octanol–water partition coefficient (Wildman–Crippen LogP) is -0.0542. The first-order valence-electron chi connectivity index (χ1n) is 7.69. The Kier molecular flexibility index (Phi) is 6.80. The molecule has 2 N–H and O–H groups in total. The van der Waals surface area contributed by atoms with Crippen molar-refractivity contribution in [2.75, 3.05) is 19.6 Å². The molecule has 1 aliphatic rings. The molecule has 10 heteroatoms. The minimum atomic E-state index is -3.80. The lowest BCUT2D eigenvalue weighted by Crippen LogP contribution is -2.57. The molecular weight excluding hydrogens is 354 g/mol. The van der Waals surface area contributed by atoms with Gasteiger partial charge in [-0.2, -0.15) is 9.82 Å². The van der Waals surface area contributed by atoms with Crippen molar-refractivity contribution in [3.05, 3.63) is 11.4 Å². The molecule has 2 heterocycles. The third-order valence-electron chi connectivity index (χ3n) is 4.20. The second-order valence-electron chi connectivity index (χ2n) is 6.05. The SMILES string of the molecule is Cc1nn(C)c(C)c1S(=O)(=O)NC(C)C(=O)N1CCNC[C@@H]1C.Cl. The van der Waals surface area contributed by atoms with Gasteiger partial charge in [0.25, 0.3) is 0 Å². The molecule has 8 nitrogen and oxygen atoms in total. The topological polar surface area (TPSA) is 96.3 Å². The lowest BCUT2D eigenvalue weighted by molar-refractivity contribution is -0.135. The number of hydrogen-bond acceptors (Lipinski definition) is 5. The third kappa shape index (κ3) is 4.08. The summed E-state index contributed by atoms with van der Waals surface area (Å²) in [6.07, 6.45) is 0. The highest BCUT2D eigenvalue weighted by molar-refractivity contribution is 7.89. The average molecular weight is 380 g/mol. The van der Waals surface area contributed by atoms with Crippen molar-refractivity contribution in [2.45, 2.75) is 44.7 Å². The summed E-state index contributed by atoms with van der Waals surface area (Å²) in [6.45, 7) is 8.88.